The van der Waals surface area contributed by atoms with Crippen molar-refractivity contribution in [3.8, 4) is 0 Å². The van der Waals surface area contributed by atoms with Gasteiger partial charge in [0.25, 0.3) is 0 Å². The molecule has 1 fully saturated rings. The lowest BCUT2D eigenvalue weighted by Crippen LogP contribution is -2.54. The van der Waals surface area contributed by atoms with E-state index in [1.807, 2.05) is 11.8 Å². The standard InChI is InChI=1S/C11H21NO4/c1-4-11(2,14)8-12-5-6-16-7-9(12)10(13)15-3/h9,14H,4-8H2,1-3H3. The van der Waals surface area contributed by atoms with Gasteiger partial charge in [0, 0.05) is 13.1 Å². The highest BCUT2D eigenvalue weighted by molar-refractivity contribution is 5.75. The highest BCUT2D eigenvalue weighted by Crippen LogP contribution is 2.16. The summed E-state index contributed by atoms with van der Waals surface area (Å²) in [6.07, 6.45) is 0.651. The fourth-order valence-electron chi connectivity index (χ4n) is 1.73. The maximum atomic E-state index is 11.5. The van der Waals surface area contributed by atoms with Gasteiger partial charge in [-0.3, -0.25) is 9.69 Å². The van der Waals surface area contributed by atoms with Crippen LogP contribution in [0, 0.1) is 0 Å². The minimum Gasteiger partial charge on any atom is -0.468 e. The number of nitrogens with zero attached hydrogens (tertiary/aromatic N) is 1. The Balaban J connectivity index is 2.63. The molecule has 0 bridgehead atoms. The number of carbonyl (C=O) groups excluding carboxylic acids is 1. The Hall–Kier alpha value is -0.650. The number of methoxy groups -OCH3 is 1. The summed E-state index contributed by atoms with van der Waals surface area (Å²) in [5.74, 6) is -0.299. The molecular formula is C11H21NO4. The number of morpholine rings is 1. The van der Waals surface area contributed by atoms with Crippen molar-refractivity contribution >= 4 is 5.97 Å². The summed E-state index contributed by atoms with van der Waals surface area (Å²) in [6.45, 7) is 5.74. The van der Waals surface area contributed by atoms with Crippen LogP contribution in [0.1, 0.15) is 20.3 Å². The third-order valence-corrected chi connectivity index (χ3v) is 3.02. The van der Waals surface area contributed by atoms with Crippen LogP contribution >= 0.6 is 0 Å². The van der Waals surface area contributed by atoms with E-state index in [0.717, 1.165) is 0 Å². The fraction of sp³-hybridized carbons (Fsp3) is 0.909. The molecule has 0 saturated carbocycles. The van der Waals surface area contributed by atoms with Crippen molar-refractivity contribution in [3.63, 3.8) is 0 Å². The summed E-state index contributed by atoms with van der Waals surface area (Å²) in [6, 6.07) is -0.392. The fourth-order valence-corrected chi connectivity index (χ4v) is 1.73. The number of hydrogen-bond acceptors (Lipinski definition) is 5. The Morgan fingerprint density at radius 1 is 1.69 bits per heavy atom. The Morgan fingerprint density at radius 2 is 2.38 bits per heavy atom. The maximum Gasteiger partial charge on any atom is 0.325 e. The maximum absolute atomic E-state index is 11.5. The summed E-state index contributed by atoms with van der Waals surface area (Å²) in [5.41, 5.74) is -0.774. The van der Waals surface area contributed by atoms with Crippen LogP contribution in [0.3, 0.4) is 0 Å². The zero-order chi connectivity index (χ0) is 12.2. The molecule has 0 aliphatic carbocycles. The van der Waals surface area contributed by atoms with E-state index in [1.54, 1.807) is 6.92 Å². The first-order valence-corrected chi connectivity index (χ1v) is 5.62. The molecule has 2 unspecified atom stereocenters. The lowest BCUT2D eigenvalue weighted by molar-refractivity contribution is -0.155. The van der Waals surface area contributed by atoms with Gasteiger partial charge in [-0.25, -0.2) is 0 Å². The van der Waals surface area contributed by atoms with E-state index in [4.69, 9.17) is 9.47 Å². The molecule has 0 radical (unpaired) electrons. The molecule has 1 N–H and O–H groups in total. The third kappa shape index (κ3) is 3.43. The van der Waals surface area contributed by atoms with E-state index in [2.05, 4.69) is 0 Å². The molecule has 1 heterocycles. The quantitative estimate of drug-likeness (QED) is 0.691. The summed E-state index contributed by atoms with van der Waals surface area (Å²) in [5, 5.41) is 10.0. The van der Waals surface area contributed by atoms with E-state index >= 15 is 0 Å². The van der Waals surface area contributed by atoms with Crippen LogP contribution in [0.15, 0.2) is 0 Å². The molecular weight excluding hydrogens is 210 g/mol. The van der Waals surface area contributed by atoms with Crippen molar-refractivity contribution in [2.45, 2.75) is 31.9 Å². The van der Waals surface area contributed by atoms with E-state index < -0.39 is 11.6 Å². The third-order valence-electron chi connectivity index (χ3n) is 3.02. The van der Waals surface area contributed by atoms with Crippen molar-refractivity contribution in [3.05, 3.63) is 0 Å². The SMILES string of the molecule is CCC(C)(O)CN1CCOCC1C(=O)OC. The molecule has 5 nitrogen and oxygen atoms in total. The zero-order valence-corrected chi connectivity index (χ0v) is 10.2. The first-order valence-electron chi connectivity index (χ1n) is 5.62. The van der Waals surface area contributed by atoms with Crippen LogP contribution in [0.5, 0.6) is 0 Å². The number of β-amino-alcohol motifs (C(OH)–C–C–N with tert-alkyl or cyclic N) is 1. The normalized spacial score (nSPS) is 26.1. The van der Waals surface area contributed by atoms with Crippen molar-refractivity contribution in [1.29, 1.82) is 0 Å². The lowest BCUT2D eigenvalue weighted by atomic mass is 10.0. The second-order valence-corrected chi connectivity index (χ2v) is 4.43. The number of esters is 1. The number of carbonyl (C=O) groups is 1. The molecule has 16 heavy (non-hydrogen) atoms. The molecule has 1 aliphatic heterocycles. The smallest absolute Gasteiger partial charge is 0.325 e. The van der Waals surface area contributed by atoms with Crippen molar-refractivity contribution < 1.29 is 19.4 Å². The van der Waals surface area contributed by atoms with Crippen LogP contribution in [0.25, 0.3) is 0 Å². The summed E-state index contributed by atoms with van der Waals surface area (Å²) < 4.78 is 9.99. The van der Waals surface area contributed by atoms with E-state index in [-0.39, 0.29) is 5.97 Å². The number of ether oxygens (including phenoxy) is 2. The number of aliphatic hydroxyl groups is 1. The molecule has 0 spiro atoms. The monoisotopic (exact) mass is 231 g/mol. The van der Waals surface area contributed by atoms with Crippen LogP contribution in [0.4, 0.5) is 0 Å². The molecule has 5 heteroatoms. The minimum atomic E-state index is -0.774. The van der Waals surface area contributed by atoms with E-state index in [0.29, 0.717) is 32.7 Å². The average Bonchev–Trinajstić information content (AvgIpc) is 2.28. The van der Waals surface area contributed by atoms with Gasteiger partial charge in [-0.05, 0) is 13.3 Å². The lowest BCUT2D eigenvalue weighted by Gasteiger charge is -2.37. The second-order valence-electron chi connectivity index (χ2n) is 4.43. The molecule has 1 saturated heterocycles. The zero-order valence-electron chi connectivity index (χ0n) is 10.2. The van der Waals surface area contributed by atoms with Gasteiger partial charge < -0.3 is 14.6 Å². The minimum absolute atomic E-state index is 0.299. The summed E-state index contributed by atoms with van der Waals surface area (Å²) in [7, 11) is 1.37. The average molecular weight is 231 g/mol. The summed E-state index contributed by atoms with van der Waals surface area (Å²) in [4.78, 5) is 13.5. The predicted molar refractivity (Wildman–Crippen MR) is 59.1 cm³/mol. The van der Waals surface area contributed by atoms with Gasteiger partial charge in [-0.15, -0.1) is 0 Å². The first-order chi connectivity index (χ1) is 7.50. The Kier molecular flexibility index (Phi) is 4.70. The van der Waals surface area contributed by atoms with Gasteiger partial charge in [0.1, 0.15) is 6.04 Å². The van der Waals surface area contributed by atoms with Gasteiger partial charge in [0.15, 0.2) is 0 Å². The highest BCUT2D eigenvalue weighted by Gasteiger charge is 2.34. The second kappa shape index (κ2) is 5.61. The van der Waals surface area contributed by atoms with Crippen LogP contribution in [-0.4, -0.2) is 61.0 Å². The van der Waals surface area contributed by atoms with Gasteiger partial charge in [-0.2, -0.15) is 0 Å². The summed E-state index contributed by atoms with van der Waals surface area (Å²) >= 11 is 0. The molecule has 1 aliphatic rings. The van der Waals surface area contributed by atoms with Crippen molar-refractivity contribution in [2.24, 2.45) is 0 Å². The van der Waals surface area contributed by atoms with E-state index in [1.165, 1.54) is 7.11 Å². The Labute approximate surface area is 96.3 Å². The van der Waals surface area contributed by atoms with Gasteiger partial charge in [0.05, 0.1) is 25.9 Å². The molecule has 0 aromatic carbocycles. The molecule has 1 rings (SSSR count). The van der Waals surface area contributed by atoms with Gasteiger partial charge in [-0.1, -0.05) is 6.92 Å². The number of rotatable bonds is 4. The predicted octanol–water partition coefficient (Wildman–Crippen LogP) is 0.0212. The first kappa shape index (κ1) is 13.4. The molecule has 0 amide bonds. The van der Waals surface area contributed by atoms with Crippen molar-refractivity contribution in [1.82, 2.24) is 4.90 Å². The topological polar surface area (TPSA) is 59.0 Å². The molecule has 2 atom stereocenters. The largest absolute Gasteiger partial charge is 0.468 e. The van der Waals surface area contributed by atoms with E-state index in [9.17, 15) is 9.90 Å². The van der Waals surface area contributed by atoms with Crippen LogP contribution in [-0.2, 0) is 14.3 Å². The molecule has 0 aromatic heterocycles. The number of hydrogen-bond donors (Lipinski definition) is 1. The highest BCUT2D eigenvalue weighted by atomic mass is 16.5. The molecule has 0 aromatic rings. The van der Waals surface area contributed by atoms with Crippen LogP contribution < -0.4 is 0 Å². The van der Waals surface area contributed by atoms with Gasteiger partial charge >= 0.3 is 5.97 Å². The van der Waals surface area contributed by atoms with Crippen LogP contribution in [0.2, 0.25) is 0 Å². The Bertz CT molecular complexity index is 242. The Morgan fingerprint density at radius 3 is 2.94 bits per heavy atom. The van der Waals surface area contributed by atoms with Gasteiger partial charge in [0.2, 0.25) is 0 Å². The van der Waals surface area contributed by atoms with Crippen molar-refractivity contribution in [2.75, 3.05) is 33.4 Å². The molecule has 94 valence electrons.